The van der Waals surface area contributed by atoms with E-state index >= 15 is 0 Å². The monoisotopic (exact) mass is 323 g/mol. The van der Waals surface area contributed by atoms with E-state index in [0.717, 1.165) is 41.5 Å². The molecule has 0 atom stereocenters. The zero-order valence-electron chi connectivity index (χ0n) is 12.0. The summed E-state index contributed by atoms with van der Waals surface area (Å²) in [5, 5.41) is 0. The Hall–Kier alpha value is -0.830. The molecule has 0 spiro atoms. The zero-order valence-corrected chi connectivity index (χ0v) is 13.6. The lowest BCUT2D eigenvalue weighted by molar-refractivity contribution is 0.0756. The van der Waals surface area contributed by atoms with Crippen LogP contribution < -0.4 is 0 Å². The van der Waals surface area contributed by atoms with Gasteiger partial charge in [0, 0.05) is 17.6 Å². The number of amides is 1. The van der Waals surface area contributed by atoms with Crippen molar-refractivity contribution < 1.29 is 4.79 Å². The van der Waals surface area contributed by atoms with E-state index in [-0.39, 0.29) is 5.91 Å². The van der Waals surface area contributed by atoms with Crippen molar-refractivity contribution >= 4 is 21.8 Å². The molecule has 104 valence electrons. The number of hydrogen-bond acceptors (Lipinski definition) is 1. The lowest BCUT2D eigenvalue weighted by atomic mass is 9.85. The molecule has 0 unspecified atom stereocenters. The Bertz CT molecular complexity index is 482. The van der Waals surface area contributed by atoms with Crippen molar-refractivity contribution in [2.24, 2.45) is 5.41 Å². The average molecular weight is 324 g/mol. The van der Waals surface area contributed by atoms with Crippen LogP contribution in [0.3, 0.4) is 0 Å². The molecule has 19 heavy (non-hydrogen) atoms. The molecule has 1 aromatic rings. The molecule has 2 rings (SSSR count). The predicted octanol–water partition coefficient (Wildman–Crippen LogP) is 4.41. The van der Waals surface area contributed by atoms with Crippen LogP contribution >= 0.6 is 15.9 Å². The first-order chi connectivity index (χ1) is 8.89. The third-order valence-electron chi connectivity index (χ3n) is 3.98. The molecule has 1 fully saturated rings. The number of aryl methyl sites for hydroxylation is 1. The van der Waals surface area contributed by atoms with Crippen molar-refractivity contribution in [1.82, 2.24) is 4.90 Å². The number of benzene rings is 1. The minimum atomic E-state index is 0.160. The first-order valence-electron chi connectivity index (χ1n) is 6.94. The van der Waals surface area contributed by atoms with Crippen LogP contribution in [-0.2, 0) is 0 Å². The molecular formula is C16H22BrNO. The normalized spacial score (nSPS) is 19.1. The van der Waals surface area contributed by atoms with Crippen LogP contribution in [0.25, 0.3) is 0 Å². The number of likely N-dealkylation sites (tertiary alicyclic amines) is 1. The SMILES string of the molecule is Cc1ccc(Br)c(C(=O)N2CCCC(C)(C)CC2)c1. The first kappa shape index (κ1) is 14.6. The Morgan fingerprint density at radius 3 is 2.74 bits per heavy atom. The minimum absolute atomic E-state index is 0.160. The highest BCUT2D eigenvalue weighted by molar-refractivity contribution is 9.10. The Morgan fingerprint density at radius 1 is 1.26 bits per heavy atom. The Morgan fingerprint density at radius 2 is 2.00 bits per heavy atom. The van der Waals surface area contributed by atoms with Gasteiger partial charge in [0.25, 0.3) is 5.91 Å². The third-order valence-corrected chi connectivity index (χ3v) is 4.67. The molecule has 3 heteroatoms. The summed E-state index contributed by atoms with van der Waals surface area (Å²) in [6, 6.07) is 5.96. The zero-order chi connectivity index (χ0) is 14.0. The molecule has 0 bridgehead atoms. The van der Waals surface area contributed by atoms with Crippen LogP contribution in [0.1, 0.15) is 49.0 Å². The third kappa shape index (κ3) is 3.59. The quantitative estimate of drug-likeness (QED) is 0.749. The summed E-state index contributed by atoms with van der Waals surface area (Å²) in [5.41, 5.74) is 2.28. The van der Waals surface area contributed by atoms with Gasteiger partial charge in [-0.25, -0.2) is 0 Å². The number of carbonyl (C=O) groups excluding carboxylic acids is 1. The highest BCUT2D eigenvalue weighted by Gasteiger charge is 2.26. The van der Waals surface area contributed by atoms with Crippen molar-refractivity contribution in [2.45, 2.75) is 40.0 Å². The smallest absolute Gasteiger partial charge is 0.255 e. The summed E-state index contributed by atoms with van der Waals surface area (Å²) in [7, 11) is 0. The molecule has 2 nitrogen and oxygen atoms in total. The van der Waals surface area contributed by atoms with Gasteiger partial charge in [-0.05, 0) is 59.7 Å². The molecular weight excluding hydrogens is 302 g/mol. The molecule has 0 N–H and O–H groups in total. The van der Waals surface area contributed by atoms with Gasteiger partial charge < -0.3 is 4.90 Å². The highest BCUT2D eigenvalue weighted by Crippen LogP contribution is 2.30. The number of rotatable bonds is 1. The van der Waals surface area contributed by atoms with Crippen LogP contribution in [0.15, 0.2) is 22.7 Å². The van der Waals surface area contributed by atoms with Crippen LogP contribution in [0.4, 0.5) is 0 Å². The minimum Gasteiger partial charge on any atom is -0.339 e. The Balaban J connectivity index is 2.17. The van der Waals surface area contributed by atoms with E-state index in [2.05, 4.69) is 29.8 Å². The van der Waals surface area contributed by atoms with Gasteiger partial charge in [-0.1, -0.05) is 25.5 Å². The number of nitrogens with zero attached hydrogens (tertiary/aromatic N) is 1. The van der Waals surface area contributed by atoms with Crippen molar-refractivity contribution in [2.75, 3.05) is 13.1 Å². The second kappa shape index (κ2) is 5.66. The lowest BCUT2D eigenvalue weighted by Crippen LogP contribution is -2.32. The second-order valence-corrected chi connectivity index (χ2v) is 7.15. The van der Waals surface area contributed by atoms with Crippen molar-refractivity contribution in [3.05, 3.63) is 33.8 Å². The fraction of sp³-hybridized carbons (Fsp3) is 0.562. The summed E-state index contributed by atoms with van der Waals surface area (Å²) in [6.07, 6.45) is 3.39. The van der Waals surface area contributed by atoms with Gasteiger partial charge in [0.15, 0.2) is 0 Å². The van der Waals surface area contributed by atoms with Crippen LogP contribution in [0, 0.1) is 12.3 Å². The summed E-state index contributed by atoms with van der Waals surface area (Å²) in [4.78, 5) is 14.6. The van der Waals surface area contributed by atoms with E-state index in [4.69, 9.17) is 0 Å². The van der Waals surface area contributed by atoms with Crippen LogP contribution in [0.2, 0.25) is 0 Å². The predicted molar refractivity (Wildman–Crippen MR) is 82.4 cm³/mol. The standard InChI is InChI=1S/C16H22BrNO/c1-12-5-6-14(17)13(11-12)15(19)18-9-4-7-16(2,3)8-10-18/h5-6,11H,4,7-10H2,1-3H3. The summed E-state index contributed by atoms with van der Waals surface area (Å²) in [5.74, 6) is 0.160. The van der Waals surface area contributed by atoms with E-state index in [1.165, 1.54) is 6.42 Å². The van der Waals surface area contributed by atoms with E-state index in [1.807, 2.05) is 30.0 Å². The molecule has 0 aromatic heterocycles. The summed E-state index contributed by atoms with van der Waals surface area (Å²) >= 11 is 3.49. The lowest BCUT2D eigenvalue weighted by Gasteiger charge is -2.24. The van der Waals surface area contributed by atoms with Crippen molar-refractivity contribution in [3.63, 3.8) is 0 Å². The maximum atomic E-state index is 12.6. The molecule has 1 amide bonds. The maximum Gasteiger partial charge on any atom is 0.255 e. The van der Waals surface area contributed by atoms with Crippen LogP contribution in [-0.4, -0.2) is 23.9 Å². The molecule has 1 heterocycles. The van der Waals surface area contributed by atoms with Gasteiger partial charge in [-0.15, -0.1) is 0 Å². The van der Waals surface area contributed by atoms with E-state index in [9.17, 15) is 4.79 Å². The fourth-order valence-corrected chi connectivity index (χ4v) is 3.02. The number of hydrogen-bond donors (Lipinski definition) is 0. The molecule has 1 saturated heterocycles. The second-order valence-electron chi connectivity index (χ2n) is 6.29. The number of carbonyl (C=O) groups is 1. The van der Waals surface area contributed by atoms with Crippen LogP contribution in [0.5, 0.6) is 0 Å². The molecule has 0 saturated carbocycles. The molecule has 1 aliphatic heterocycles. The van der Waals surface area contributed by atoms with E-state index in [0.29, 0.717) is 5.41 Å². The Kier molecular flexibility index (Phi) is 4.34. The van der Waals surface area contributed by atoms with Gasteiger partial charge in [0.2, 0.25) is 0 Å². The molecule has 0 radical (unpaired) electrons. The van der Waals surface area contributed by atoms with Gasteiger partial charge in [-0.3, -0.25) is 4.79 Å². The fourth-order valence-electron chi connectivity index (χ4n) is 2.60. The Labute approximate surface area is 124 Å². The summed E-state index contributed by atoms with van der Waals surface area (Å²) in [6.45, 7) is 8.36. The van der Waals surface area contributed by atoms with Crippen molar-refractivity contribution in [1.29, 1.82) is 0 Å². The molecule has 1 aliphatic rings. The van der Waals surface area contributed by atoms with Gasteiger partial charge in [0.05, 0.1) is 5.56 Å². The van der Waals surface area contributed by atoms with Crippen molar-refractivity contribution in [3.8, 4) is 0 Å². The van der Waals surface area contributed by atoms with Gasteiger partial charge >= 0.3 is 0 Å². The van der Waals surface area contributed by atoms with Gasteiger partial charge in [-0.2, -0.15) is 0 Å². The maximum absolute atomic E-state index is 12.6. The highest BCUT2D eigenvalue weighted by atomic mass is 79.9. The molecule has 0 aliphatic carbocycles. The molecule has 1 aromatic carbocycles. The van der Waals surface area contributed by atoms with E-state index in [1.54, 1.807) is 0 Å². The summed E-state index contributed by atoms with van der Waals surface area (Å²) < 4.78 is 0.895. The first-order valence-corrected chi connectivity index (χ1v) is 7.74. The number of halogens is 1. The average Bonchev–Trinajstić information content (AvgIpc) is 2.52. The largest absolute Gasteiger partial charge is 0.339 e. The van der Waals surface area contributed by atoms with E-state index < -0.39 is 0 Å². The van der Waals surface area contributed by atoms with Gasteiger partial charge in [0.1, 0.15) is 0 Å². The topological polar surface area (TPSA) is 20.3 Å².